The van der Waals surface area contributed by atoms with Crippen molar-refractivity contribution in [3.05, 3.63) is 35.9 Å². The second-order valence-corrected chi connectivity index (χ2v) is 7.50. The molecule has 26 heavy (non-hydrogen) atoms. The molecule has 1 aromatic rings. The molecule has 0 spiro atoms. The van der Waals surface area contributed by atoms with Gasteiger partial charge in [0.2, 0.25) is 0 Å². The normalized spacial score (nSPS) is 36.5. The first-order chi connectivity index (χ1) is 12.6. The van der Waals surface area contributed by atoms with Gasteiger partial charge in [0.25, 0.3) is 11.8 Å². The summed E-state index contributed by atoms with van der Waals surface area (Å²) in [5.74, 6) is 2.08. The molecule has 2 bridgehead atoms. The third kappa shape index (κ3) is 2.01. The van der Waals surface area contributed by atoms with Crippen LogP contribution in [0.15, 0.2) is 35.5 Å². The number of imide groups is 1. The Morgan fingerprint density at radius 3 is 2.27 bits per heavy atom. The summed E-state index contributed by atoms with van der Waals surface area (Å²) in [6.45, 7) is 0. The van der Waals surface area contributed by atoms with Crippen LogP contribution in [-0.4, -0.2) is 37.3 Å². The summed E-state index contributed by atoms with van der Waals surface area (Å²) in [6.07, 6.45) is 6.99. The minimum Gasteiger partial charge on any atom is -0.497 e. The largest absolute Gasteiger partial charge is 0.497 e. The fourth-order valence-electron chi connectivity index (χ4n) is 5.10. The molecular weight excluding hydrogens is 332 g/mol. The van der Waals surface area contributed by atoms with E-state index in [1.807, 2.05) is 0 Å². The second-order valence-electron chi connectivity index (χ2n) is 7.50. The smallest absolute Gasteiger partial charge is 0.254 e. The molecule has 1 aromatic carbocycles. The summed E-state index contributed by atoms with van der Waals surface area (Å²) < 4.78 is 10.5. The van der Waals surface area contributed by atoms with Gasteiger partial charge in [-0.1, -0.05) is 12.2 Å². The lowest BCUT2D eigenvalue weighted by Crippen LogP contribution is -2.40. The van der Waals surface area contributed by atoms with Gasteiger partial charge in [0.05, 0.1) is 32.3 Å². The molecule has 0 aromatic heterocycles. The zero-order chi connectivity index (χ0) is 18.0. The molecule has 2 amide bonds. The van der Waals surface area contributed by atoms with Crippen LogP contribution in [0.4, 0.5) is 0 Å². The predicted octanol–water partition coefficient (Wildman–Crippen LogP) is 2.09. The van der Waals surface area contributed by atoms with Crippen LogP contribution in [0.1, 0.15) is 12.0 Å². The van der Waals surface area contributed by atoms with Crippen molar-refractivity contribution in [3.8, 4) is 11.5 Å². The zero-order valence-corrected chi connectivity index (χ0v) is 14.7. The van der Waals surface area contributed by atoms with E-state index in [9.17, 15) is 9.59 Å². The first-order valence-electron chi connectivity index (χ1n) is 8.96. The molecule has 6 rings (SSSR count). The minimum atomic E-state index is -0.226. The molecule has 4 aliphatic carbocycles. The van der Waals surface area contributed by atoms with Crippen LogP contribution in [0.25, 0.3) is 0 Å². The summed E-state index contributed by atoms with van der Waals surface area (Å²) in [4.78, 5) is 25.8. The summed E-state index contributed by atoms with van der Waals surface area (Å²) in [7, 11) is 3.14. The van der Waals surface area contributed by atoms with Crippen LogP contribution >= 0.6 is 0 Å². The molecule has 3 fully saturated rings. The average Bonchev–Trinajstić information content (AvgIpc) is 3.45. The van der Waals surface area contributed by atoms with Gasteiger partial charge in [-0.2, -0.15) is 10.1 Å². The van der Waals surface area contributed by atoms with E-state index >= 15 is 0 Å². The highest BCUT2D eigenvalue weighted by Crippen LogP contribution is 2.65. The number of ether oxygens (including phenoxy) is 2. The average molecular weight is 352 g/mol. The topological polar surface area (TPSA) is 68.2 Å². The Balaban J connectivity index is 1.43. The zero-order valence-electron chi connectivity index (χ0n) is 14.7. The molecule has 6 nitrogen and oxygen atoms in total. The van der Waals surface area contributed by atoms with Gasteiger partial charge in [-0.3, -0.25) is 9.59 Å². The van der Waals surface area contributed by atoms with Crippen LogP contribution in [-0.2, 0) is 9.59 Å². The lowest BCUT2D eigenvalue weighted by Gasteiger charge is -2.37. The maximum atomic E-state index is 12.9. The van der Waals surface area contributed by atoms with Crippen molar-refractivity contribution in [1.82, 2.24) is 5.01 Å². The second kappa shape index (κ2) is 5.43. The first kappa shape index (κ1) is 15.6. The van der Waals surface area contributed by atoms with E-state index in [2.05, 4.69) is 17.3 Å². The molecule has 0 radical (unpaired) electrons. The van der Waals surface area contributed by atoms with Gasteiger partial charge in [-0.05, 0) is 42.2 Å². The van der Waals surface area contributed by atoms with E-state index in [0.717, 1.165) is 11.4 Å². The third-order valence-corrected chi connectivity index (χ3v) is 6.39. The molecule has 1 aliphatic heterocycles. The predicted molar refractivity (Wildman–Crippen MR) is 93.7 cm³/mol. The van der Waals surface area contributed by atoms with Crippen molar-refractivity contribution in [3.63, 3.8) is 0 Å². The number of rotatable bonds is 4. The monoisotopic (exact) mass is 352 g/mol. The number of nitrogens with zero attached hydrogens (tertiary/aromatic N) is 2. The number of methoxy groups -OCH3 is 2. The number of hydrogen-bond donors (Lipinski definition) is 0. The van der Waals surface area contributed by atoms with Gasteiger partial charge in [0, 0.05) is 11.6 Å². The number of carbonyl (C=O) groups excluding carboxylic acids is 2. The quantitative estimate of drug-likeness (QED) is 0.473. The van der Waals surface area contributed by atoms with Crippen molar-refractivity contribution in [2.24, 2.45) is 40.6 Å². The Kier molecular flexibility index (Phi) is 3.26. The van der Waals surface area contributed by atoms with E-state index in [0.29, 0.717) is 28.9 Å². The van der Waals surface area contributed by atoms with Crippen LogP contribution in [0, 0.1) is 35.5 Å². The van der Waals surface area contributed by atoms with Gasteiger partial charge >= 0.3 is 0 Å². The van der Waals surface area contributed by atoms with Crippen LogP contribution in [0.3, 0.4) is 0 Å². The van der Waals surface area contributed by atoms with E-state index in [1.54, 1.807) is 32.4 Å². The Morgan fingerprint density at radius 1 is 1.04 bits per heavy atom. The van der Waals surface area contributed by atoms with E-state index < -0.39 is 0 Å². The minimum absolute atomic E-state index is 0.159. The van der Waals surface area contributed by atoms with E-state index in [-0.39, 0.29) is 35.5 Å². The number of benzene rings is 1. The summed E-state index contributed by atoms with van der Waals surface area (Å²) in [6, 6.07) is 5.32. The van der Waals surface area contributed by atoms with Crippen molar-refractivity contribution in [2.75, 3.05) is 14.2 Å². The molecule has 5 aliphatic rings. The molecule has 1 saturated heterocycles. The van der Waals surface area contributed by atoms with Crippen LogP contribution < -0.4 is 9.47 Å². The highest BCUT2D eigenvalue weighted by atomic mass is 16.5. The summed E-state index contributed by atoms with van der Waals surface area (Å²) in [5, 5.41) is 5.32. The molecule has 134 valence electrons. The standard InChI is InChI=1S/C20H20N2O4/c1-25-11-4-3-10(16(7-11)26-2)9-21-22-19(23)17-12-5-6-13(15-8-14(12)15)18(17)20(22)24/h3-7,9,12-15,17-18H,8H2,1-2H3/b21-9-/t12-,13-,14-,15-,17-,18+/m1/s1. The molecule has 1 heterocycles. The number of amides is 2. The van der Waals surface area contributed by atoms with Crippen molar-refractivity contribution in [2.45, 2.75) is 6.42 Å². The lowest BCUT2D eigenvalue weighted by atomic mass is 9.63. The molecule has 6 heteroatoms. The third-order valence-electron chi connectivity index (χ3n) is 6.39. The highest BCUT2D eigenvalue weighted by Gasteiger charge is 2.67. The number of hydrogen-bond acceptors (Lipinski definition) is 5. The summed E-state index contributed by atoms with van der Waals surface area (Å²) >= 11 is 0. The Labute approximate surface area is 151 Å². The summed E-state index contributed by atoms with van der Waals surface area (Å²) in [5.41, 5.74) is 0.688. The Morgan fingerprint density at radius 2 is 1.69 bits per heavy atom. The number of allylic oxidation sites excluding steroid dienone is 2. The van der Waals surface area contributed by atoms with Gasteiger partial charge in [0.15, 0.2) is 0 Å². The SMILES string of the molecule is COc1ccc(/C=N\N2C(=O)[C@@H]3[C@@H]4C=C[C@H]([C@H]5C[C@H]45)[C@@H]3C2=O)c(OC)c1. The maximum Gasteiger partial charge on any atom is 0.254 e. The molecular formula is C20H20N2O4. The maximum absolute atomic E-state index is 12.9. The van der Waals surface area contributed by atoms with Crippen molar-refractivity contribution >= 4 is 18.0 Å². The molecule has 0 N–H and O–H groups in total. The first-order valence-corrected chi connectivity index (χ1v) is 8.96. The van der Waals surface area contributed by atoms with Crippen molar-refractivity contribution < 1.29 is 19.1 Å². The van der Waals surface area contributed by atoms with Crippen LogP contribution in [0.2, 0.25) is 0 Å². The molecule has 2 saturated carbocycles. The number of carbonyl (C=O) groups is 2. The van der Waals surface area contributed by atoms with Crippen LogP contribution in [0.5, 0.6) is 11.5 Å². The number of hydrazone groups is 1. The van der Waals surface area contributed by atoms with E-state index in [4.69, 9.17) is 9.47 Å². The fourth-order valence-corrected chi connectivity index (χ4v) is 5.10. The fraction of sp³-hybridized carbons (Fsp3) is 0.450. The van der Waals surface area contributed by atoms with Gasteiger partial charge in [-0.15, -0.1) is 0 Å². The lowest BCUT2D eigenvalue weighted by molar-refractivity contribution is -0.140. The van der Waals surface area contributed by atoms with Gasteiger partial charge in [-0.25, -0.2) is 0 Å². The molecule has 0 unspecified atom stereocenters. The Bertz CT molecular complexity index is 825. The highest BCUT2D eigenvalue weighted by molar-refractivity contribution is 6.06. The Hall–Kier alpha value is -2.63. The van der Waals surface area contributed by atoms with Gasteiger partial charge in [0.1, 0.15) is 11.5 Å². The van der Waals surface area contributed by atoms with Gasteiger partial charge < -0.3 is 9.47 Å². The molecule has 6 atom stereocenters. The van der Waals surface area contributed by atoms with E-state index in [1.165, 1.54) is 6.21 Å². The van der Waals surface area contributed by atoms with Crippen molar-refractivity contribution in [1.29, 1.82) is 0 Å².